The van der Waals surface area contributed by atoms with Crippen LogP contribution in [0, 0.1) is 11.8 Å². The molecule has 4 heterocycles. The number of hydrogen-bond donors (Lipinski definition) is 1. The van der Waals surface area contributed by atoms with E-state index in [4.69, 9.17) is 4.74 Å². The number of hydrogen-bond acceptors (Lipinski definition) is 7. The van der Waals surface area contributed by atoms with E-state index in [1.54, 1.807) is 52.6 Å². The number of likely N-dealkylation sites (N-methyl/N-ethyl adjacent to an activating group) is 1. The molecule has 37 heavy (non-hydrogen) atoms. The lowest BCUT2D eigenvalue weighted by molar-refractivity contribution is -0.147. The molecule has 4 aliphatic heterocycles. The summed E-state index contributed by atoms with van der Waals surface area (Å²) in [5.74, 6) is -1.49. The average molecular weight is 535 g/mol. The first-order valence-electron chi connectivity index (χ1n) is 13.3. The first-order valence-corrected chi connectivity index (χ1v) is 14.2. The largest absolute Gasteiger partial charge is 0.394 e. The normalized spacial score (nSPS) is 33.8. The van der Waals surface area contributed by atoms with Crippen molar-refractivity contribution in [1.29, 1.82) is 0 Å². The van der Waals surface area contributed by atoms with Crippen LogP contribution in [-0.4, -0.2) is 130 Å². The van der Waals surface area contributed by atoms with Crippen molar-refractivity contribution in [2.75, 3.05) is 66.1 Å². The molecular formula is C27H42N4O5S. The molecule has 206 valence electrons. The highest BCUT2D eigenvalue weighted by Gasteiger charge is 2.77. The Labute approximate surface area is 224 Å². The van der Waals surface area contributed by atoms with Gasteiger partial charge in [0.15, 0.2) is 0 Å². The molecule has 0 aromatic rings. The van der Waals surface area contributed by atoms with E-state index < -0.39 is 33.4 Å². The molecule has 2 unspecified atom stereocenters. The van der Waals surface area contributed by atoms with Crippen LogP contribution < -0.4 is 0 Å². The second-order valence-corrected chi connectivity index (χ2v) is 12.9. The standard InChI is InChI=1S/C27H42N4O5S/c1-6-10-28(5)23(33)20-21-24(34)31(19(3)18-32)22(27(21)9-8-26(20,4)37-27)25(35)30(11-7-2)13-12-29-14-16-36-17-15-29/h6-7,19-22,32H,1-2,8-18H2,3-5H3/t19-,20+,21+,22?,26-,27?/m1/s1. The summed E-state index contributed by atoms with van der Waals surface area (Å²) >= 11 is 1.66. The summed E-state index contributed by atoms with van der Waals surface area (Å²) in [6, 6.07) is -1.26. The molecule has 4 saturated heterocycles. The molecule has 9 nitrogen and oxygen atoms in total. The van der Waals surface area contributed by atoms with Crippen LogP contribution in [-0.2, 0) is 19.1 Å². The fourth-order valence-electron chi connectivity index (χ4n) is 6.81. The third-order valence-electron chi connectivity index (χ3n) is 8.68. The maximum atomic E-state index is 14.4. The van der Waals surface area contributed by atoms with Crippen molar-refractivity contribution in [3.63, 3.8) is 0 Å². The Balaban J connectivity index is 1.68. The summed E-state index contributed by atoms with van der Waals surface area (Å²) in [6.07, 6.45) is 4.86. The summed E-state index contributed by atoms with van der Waals surface area (Å²) < 4.78 is 4.34. The second-order valence-electron chi connectivity index (χ2n) is 11.0. The molecule has 4 aliphatic rings. The molecule has 1 spiro atoms. The summed E-state index contributed by atoms with van der Waals surface area (Å²) in [5.41, 5.74) is 0. The zero-order chi connectivity index (χ0) is 27.0. The smallest absolute Gasteiger partial charge is 0.247 e. The van der Waals surface area contributed by atoms with Gasteiger partial charge in [-0.3, -0.25) is 19.3 Å². The molecule has 0 aromatic carbocycles. The van der Waals surface area contributed by atoms with Crippen LogP contribution in [0.15, 0.2) is 25.3 Å². The van der Waals surface area contributed by atoms with Gasteiger partial charge in [-0.2, -0.15) is 0 Å². The van der Waals surface area contributed by atoms with Crippen LogP contribution in [0.25, 0.3) is 0 Å². The molecule has 10 heteroatoms. The number of carbonyl (C=O) groups excluding carboxylic acids is 3. The molecule has 3 amide bonds. The lowest BCUT2D eigenvalue weighted by Gasteiger charge is -2.39. The second kappa shape index (κ2) is 11.1. The molecular weight excluding hydrogens is 492 g/mol. The van der Waals surface area contributed by atoms with E-state index in [1.807, 2.05) is 0 Å². The van der Waals surface area contributed by atoms with Crippen molar-refractivity contribution in [2.45, 2.75) is 48.3 Å². The lowest BCUT2D eigenvalue weighted by Crippen LogP contribution is -2.57. The van der Waals surface area contributed by atoms with Crippen LogP contribution in [0.5, 0.6) is 0 Å². The van der Waals surface area contributed by atoms with E-state index in [1.165, 1.54) is 0 Å². The monoisotopic (exact) mass is 534 g/mol. The Morgan fingerprint density at radius 1 is 1.22 bits per heavy atom. The number of carbonyl (C=O) groups is 3. The maximum Gasteiger partial charge on any atom is 0.247 e. The van der Waals surface area contributed by atoms with Gasteiger partial charge in [0.2, 0.25) is 17.7 Å². The molecule has 0 radical (unpaired) electrons. The third kappa shape index (κ3) is 4.75. The number of likely N-dealkylation sites (tertiary alicyclic amines) is 1. The Kier molecular flexibility index (Phi) is 8.43. The summed E-state index contributed by atoms with van der Waals surface area (Å²) in [7, 11) is 1.74. The highest BCUT2D eigenvalue weighted by Crippen LogP contribution is 2.71. The maximum absolute atomic E-state index is 14.4. The van der Waals surface area contributed by atoms with Crippen molar-refractivity contribution < 1.29 is 24.2 Å². The fourth-order valence-corrected chi connectivity index (χ4v) is 9.14. The number of amides is 3. The topological polar surface area (TPSA) is 93.6 Å². The minimum Gasteiger partial charge on any atom is -0.394 e. The number of morpholine rings is 1. The molecule has 0 aliphatic carbocycles. The van der Waals surface area contributed by atoms with Crippen molar-refractivity contribution in [3.05, 3.63) is 25.3 Å². The van der Waals surface area contributed by atoms with Crippen LogP contribution in [0.4, 0.5) is 0 Å². The van der Waals surface area contributed by atoms with E-state index in [9.17, 15) is 19.5 Å². The number of ether oxygens (including phenoxy) is 1. The first kappa shape index (κ1) is 28.1. The van der Waals surface area contributed by atoms with E-state index >= 15 is 0 Å². The Morgan fingerprint density at radius 2 is 1.89 bits per heavy atom. The molecule has 6 atom stereocenters. The number of rotatable bonds is 11. The number of nitrogens with zero attached hydrogens (tertiary/aromatic N) is 4. The predicted octanol–water partition coefficient (Wildman–Crippen LogP) is 0.840. The minimum absolute atomic E-state index is 0.0743. The van der Waals surface area contributed by atoms with Gasteiger partial charge >= 0.3 is 0 Å². The van der Waals surface area contributed by atoms with Crippen molar-refractivity contribution >= 4 is 29.5 Å². The SMILES string of the molecule is C=CCN(C)C(=O)[C@@H]1[C@H]2C(=O)N([C@H](C)CO)C(C(=O)N(CC=C)CCN3CCOCC3)C23CC[C@@]1(C)S3. The third-order valence-corrected chi connectivity index (χ3v) is 10.7. The van der Waals surface area contributed by atoms with Crippen LogP contribution in [0.2, 0.25) is 0 Å². The summed E-state index contributed by atoms with van der Waals surface area (Å²) in [5, 5.41) is 10.1. The van der Waals surface area contributed by atoms with Crippen LogP contribution in [0.3, 0.4) is 0 Å². The van der Waals surface area contributed by atoms with E-state index in [2.05, 4.69) is 25.0 Å². The van der Waals surface area contributed by atoms with Crippen LogP contribution in [0.1, 0.15) is 26.7 Å². The van der Waals surface area contributed by atoms with E-state index in [0.717, 1.165) is 19.5 Å². The van der Waals surface area contributed by atoms with E-state index in [-0.39, 0.29) is 24.3 Å². The Bertz CT molecular complexity index is 926. The predicted molar refractivity (Wildman–Crippen MR) is 144 cm³/mol. The average Bonchev–Trinajstić information content (AvgIpc) is 3.46. The van der Waals surface area contributed by atoms with Gasteiger partial charge in [-0.15, -0.1) is 24.9 Å². The highest BCUT2D eigenvalue weighted by atomic mass is 32.2. The fraction of sp³-hybridized carbons (Fsp3) is 0.741. The van der Waals surface area contributed by atoms with Gasteiger partial charge in [0.25, 0.3) is 0 Å². The lowest BCUT2D eigenvalue weighted by atomic mass is 9.66. The van der Waals surface area contributed by atoms with Crippen molar-refractivity contribution in [3.8, 4) is 0 Å². The molecule has 4 rings (SSSR count). The van der Waals surface area contributed by atoms with Gasteiger partial charge in [-0.05, 0) is 26.7 Å². The zero-order valence-electron chi connectivity index (χ0n) is 22.4. The number of aliphatic hydroxyl groups excluding tert-OH is 1. The number of aliphatic hydroxyl groups is 1. The highest BCUT2D eigenvalue weighted by molar-refractivity contribution is 8.02. The van der Waals surface area contributed by atoms with Gasteiger partial charge in [-0.1, -0.05) is 12.2 Å². The Hall–Kier alpha value is -1.88. The summed E-state index contributed by atoms with van der Waals surface area (Å²) in [4.78, 5) is 49.5. The summed E-state index contributed by atoms with van der Waals surface area (Å²) in [6.45, 7) is 16.3. The zero-order valence-corrected chi connectivity index (χ0v) is 23.3. The van der Waals surface area contributed by atoms with Crippen molar-refractivity contribution in [1.82, 2.24) is 19.6 Å². The van der Waals surface area contributed by atoms with Gasteiger partial charge in [0.1, 0.15) is 6.04 Å². The van der Waals surface area contributed by atoms with Gasteiger partial charge in [0, 0.05) is 51.1 Å². The molecule has 1 N–H and O–H groups in total. The van der Waals surface area contributed by atoms with Gasteiger partial charge in [-0.25, -0.2) is 0 Å². The molecule has 2 bridgehead atoms. The minimum atomic E-state index is -0.730. The molecule has 0 aromatic heterocycles. The molecule has 4 fully saturated rings. The van der Waals surface area contributed by atoms with Crippen molar-refractivity contribution in [2.24, 2.45) is 11.8 Å². The van der Waals surface area contributed by atoms with E-state index in [0.29, 0.717) is 45.8 Å². The number of thioether (sulfide) groups is 1. The van der Waals surface area contributed by atoms with Gasteiger partial charge < -0.3 is 24.5 Å². The van der Waals surface area contributed by atoms with Gasteiger partial charge in [0.05, 0.1) is 42.4 Å². The molecule has 0 saturated carbocycles. The number of fused-ring (bicyclic) bond motifs is 1. The Morgan fingerprint density at radius 3 is 2.51 bits per heavy atom. The first-order chi connectivity index (χ1) is 17.6. The van der Waals surface area contributed by atoms with Crippen LogP contribution >= 0.6 is 11.8 Å². The quantitative estimate of drug-likeness (QED) is 0.393.